The second kappa shape index (κ2) is 5.05. The lowest BCUT2D eigenvalue weighted by atomic mass is 9.75. The molecule has 18 heavy (non-hydrogen) atoms. The van der Waals surface area contributed by atoms with Crippen LogP contribution in [0.5, 0.6) is 0 Å². The third kappa shape index (κ3) is 3.14. The molecule has 2 saturated heterocycles. The fourth-order valence-corrected chi connectivity index (χ4v) is 2.75. The maximum atomic E-state index is 11.9. The Labute approximate surface area is 109 Å². The average molecular weight is 256 g/mol. The zero-order valence-corrected chi connectivity index (χ0v) is 11.5. The monoisotopic (exact) mass is 256 g/mol. The van der Waals surface area contributed by atoms with Gasteiger partial charge in [0.05, 0.1) is 12.6 Å². The van der Waals surface area contributed by atoms with Crippen LogP contribution in [0, 0.1) is 5.41 Å². The molecule has 0 aliphatic carbocycles. The van der Waals surface area contributed by atoms with Crippen LogP contribution < -0.4 is 10.6 Å². The average Bonchev–Trinajstić information content (AvgIpc) is 2.68. The van der Waals surface area contributed by atoms with Crippen molar-refractivity contribution in [2.75, 3.05) is 26.3 Å². The smallest absolute Gasteiger partial charge is 0.407 e. The van der Waals surface area contributed by atoms with Gasteiger partial charge in [-0.05, 0) is 40.2 Å². The van der Waals surface area contributed by atoms with Crippen molar-refractivity contribution in [2.24, 2.45) is 5.41 Å². The number of hydrogen-bond acceptors (Lipinski definition) is 4. The van der Waals surface area contributed by atoms with Gasteiger partial charge in [0.2, 0.25) is 0 Å². The highest BCUT2D eigenvalue weighted by atomic mass is 16.6. The summed E-state index contributed by atoms with van der Waals surface area (Å²) >= 11 is 0. The second-order valence-electron chi connectivity index (χ2n) is 6.31. The minimum Gasteiger partial charge on any atom is -0.444 e. The van der Waals surface area contributed by atoms with E-state index in [1.807, 2.05) is 20.8 Å². The number of carbonyl (C=O) groups excluding carboxylic acids is 1. The van der Waals surface area contributed by atoms with E-state index in [0.717, 1.165) is 32.5 Å². The fraction of sp³-hybridized carbons (Fsp3) is 0.923. The number of hydrogen-bond donors (Lipinski definition) is 2. The molecule has 5 nitrogen and oxygen atoms in total. The first-order valence-corrected chi connectivity index (χ1v) is 6.69. The van der Waals surface area contributed by atoms with Crippen molar-refractivity contribution in [3.63, 3.8) is 0 Å². The Morgan fingerprint density at radius 3 is 2.83 bits per heavy atom. The third-order valence-corrected chi connectivity index (χ3v) is 3.74. The van der Waals surface area contributed by atoms with Crippen LogP contribution in [0.2, 0.25) is 0 Å². The number of amides is 1. The van der Waals surface area contributed by atoms with Gasteiger partial charge in [-0.2, -0.15) is 0 Å². The lowest BCUT2D eigenvalue weighted by Crippen LogP contribution is -2.55. The number of ether oxygens (including phenoxy) is 2. The zero-order chi connectivity index (χ0) is 13.2. The van der Waals surface area contributed by atoms with E-state index in [-0.39, 0.29) is 17.6 Å². The molecule has 2 heterocycles. The molecular weight excluding hydrogens is 232 g/mol. The first-order valence-electron chi connectivity index (χ1n) is 6.69. The van der Waals surface area contributed by atoms with Crippen LogP contribution in [0.1, 0.15) is 33.6 Å². The molecule has 2 atom stereocenters. The molecule has 2 unspecified atom stereocenters. The SMILES string of the molecule is CC(C)(C)OC(=O)NC1COCCC12CCNC2. The molecule has 0 aromatic rings. The van der Waals surface area contributed by atoms with E-state index in [9.17, 15) is 4.79 Å². The summed E-state index contributed by atoms with van der Waals surface area (Å²) in [6.45, 7) is 8.96. The van der Waals surface area contributed by atoms with Gasteiger partial charge in [-0.3, -0.25) is 0 Å². The molecule has 2 N–H and O–H groups in total. The van der Waals surface area contributed by atoms with Crippen LogP contribution >= 0.6 is 0 Å². The Morgan fingerprint density at radius 1 is 1.44 bits per heavy atom. The highest BCUT2D eigenvalue weighted by Crippen LogP contribution is 2.36. The largest absolute Gasteiger partial charge is 0.444 e. The highest BCUT2D eigenvalue weighted by molar-refractivity contribution is 5.68. The van der Waals surface area contributed by atoms with Gasteiger partial charge < -0.3 is 20.1 Å². The van der Waals surface area contributed by atoms with Gasteiger partial charge in [0.15, 0.2) is 0 Å². The molecule has 1 amide bonds. The van der Waals surface area contributed by atoms with E-state index in [4.69, 9.17) is 9.47 Å². The zero-order valence-electron chi connectivity index (χ0n) is 11.5. The molecule has 0 bridgehead atoms. The van der Waals surface area contributed by atoms with Gasteiger partial charge in [0.1, 0.15) is 5.60 Å². The first kappa shape index (κ1) is 13.6. The maximum Gasteiger partial charge on any atom is 0.407 e. The topological polar surface area (TPSA) is 59.6 Å². The van der Waals surface area contributed by atoms with E-state index < -0.39 is 5.60 Å². The summed E-state index contributed by atoms with van der Waals surface area (Å²) in [5.41, 5.74) is -0.310. The number of nitrogens with one attached hydrogen (secondary N) is 2. The van der Waals surface area contributed by atoms with E-state index >= 15 is 0 Å². The molecule has 5 heteroatoms. The quantitative estimate of drug-likeness (QED) is 0.742. The Hall–Kier alpha value is -0.810. The summed E-state index contributed by atoms with van der Waals surface area (Å²) in [5.74, 6) is 0. The summed E-state index contributed by atoms with van der Waals surface area (Å²) in [7, 11) is 0. The molecule has 2 fully saturated rings. The van der Waals surface area contributed by atoms with Gasteiger partial charge in [-0.25, -0.2) is 4.79 Å². The van der Waals surface area contributed by atoms with Crippen LogP contribution in [0.4, 0.5) is 4.79 Å². The van der Waals surface area contributed by atoms with Gasteiger partial charge in [0, 0.05) is 18.6 Å². The predicted octanol–water partition coefficient (Wildman–Crippen LogP) is 1.28. The van der Waals surface area contributed by atoms with Crippen molar-refractivity contribution in [3.8, 4) is 0 Å². The molecule has 2 aliphatic heterocycles. The van der Waals surface area contributed by atoms with Crippen LogP contribution in [-0.4, -0.2) is 44.0 Å². The second-order valence-corrected chi connectivity index (χ2v) is 6.31. The van der Waals surface area contributed by atoms with Crippen molar-refractivity contribution in [3.05, 3.63) is 0 Å². The highest BCUT2D eigenvalue weighted by Gasteiger charge is 2.44. The lowest BCUT2D eigenvalue weighted by molar-refractivity contribution is -0.0164. The molecule has 2 aliphatic rings. The summed E-state index contributed by atoms with van der Waals surface area (Å²) in [4.78, 5) is 11.9. The van der Waals surface area contributed by atoms with Crippen molar-refractivity contribution >= 4 is 6.09 Å². The van der Waals surface area contributed by atoms with Crippen molar-refractivity contribution in [1.82, 2.24) is 10.6 Å². The Bertz CT molecular complexity index is 306. The molecule has 1 spiro atoms. The van der Waals surface area contributed by atoms with Gasteiger partial charge in [-0.15, -0.1) is 0 Å². The molecule has 2 rings (SSSR count). The van der Waals surface area contributed by atoms with Gasteiger partial charge in [-0.1, -0.05) is 0 Å². The molecule has 0 aromatic carbocycles. The van der Waals surface area contributed by atoms with E-state index in [2.05, 4.69) is 10.6 Å². The molecule has 0 radical (unpaired) electrons. The standard InChI is InChI=1S/C13H24N2O3/c1-12(2,3)18-11(16)15-10-8-17-7-5-13(10)4-6-14-9-13/h10,14H,4-9H2,1-3H3,(H,15,16). The summed E-state index contributed by atoms with van der Waals surface area (Å²) < 4.78 is 10.8. The van der Waals surface area contributed by atoms with Crippen molar-refractivity contribution in [1.29, 1.82) is 0 Å². The van der Waals surface area contributed by atoms with Crippen LogP contribution in [0.25, 0.3) is 0 Å². The first-order chi connectivity index (χ1) is 8.41. The summed E-state index contributed by atoms with van der Waals surface area (Å²) in [6.07, 6.45) is 1.75. The van der Waals surface area contributed by atoms with Crippen LogP contribution in [-0.2, 0) is 9.47 Å². The molecular formula is C13H24N2O3. The van der Waals surface area contributed by atoms with Crippen molar-refractivity contribution < 1.29 is 14.3 Å². The Balaban J connectivity index is 1.96. The van der Waals surface area contributed by atoms with Crippen molar-refractivity contribution in [2.45, 2.75) is 45.3 Å². The Kier molecular flexibility index (Phi) is 3.82. The third-order valence-electron chi connectivity index (χ3n) is 3.74. The van der Waals surface area contributed by atoms with E-state index in [1.54, 1.807) is 0 Å². The number of carbonyl (C=O) groups is 1. The number of rotatable bonds is 1. The summed E-state index contributed by atoms with van der Waals surface area (Å²) in [5, 5.41) is 6.37. The Morgan fingerprint density at radius 2 is 2.22 bits per heavy atom. The van der Waals surface area contributed by atoms with Crippen LogP contribution in [0.3, 0.4) is 0 Å². The van der Waals surface area contributed by atoms with E-state index in [0.29, 0.717) is 6.61 Å². The molecule has 104 valence electrons. The maximum absolute atomic E-state index is 11.9. The van der Waals surface area contributed by atoms with Crippen LogP contribution in [0.15, 0.2) is 0 Å². The molecule has 0 saturated carbocycles. The minimum atomic E-state index is -0.458. The normalized spacial score (nSPS) is 32.5. The summed E-state index contributed by atoms with van der Waals surface area (Å²) in [6, 6.07) is 0.0519. The van der Waals surface area contributed by atoms with Gasteiger partial charge in [0.25, 0.3) is 0 Å². The predicted molar refractivity (Wildman–Crippen MR) is 68.5 cm³/mol. The minimum absolute atomic E-state index is 0.0519. The number of alkyl carbamates (subject to hydrolysis) is 1. The lowest BCUT2D eigenvalue weighted by Gasteiger charge is -2.41. The van der Waals surface area contributed by atoms with Gasteiger partial charge >= 0.3 is 6.09 Å². The van der Waals surface area contributed by atoms with E-state index in [1.165, 1.54) is 0 Å². The molecule has 0 aromatic heterocycles. The fourth-order valence-electron chi connectivity index (χ4n) is 2.75.